The molecule has 0 aliphatic carbocycles. The van der Waals surface area contributed by atoms with Gasteiger partial charge in [-0.2, -0.15) is 0 Å². The largest absolute Gasteiger partial charge is 0.481 e. The molecule has 1 rings (SSSR count). The van der Waals surface area contributed by atoms with Crippen LogP contribution < -0.4 is 5.32 Å². The van der Waals surface area contributed by atoms with E-state index in [2.05, 4.69) is 5.32 Å². The average molecular weight is 286 g/mol. The Balaban J connectivity index is 2.37. The number of hydrogen-bond donors (Lipinski definition) is 3. The number of urea groups is 1. The van der Waals surface area contributed by atoms with Gasteiger partial charge in [0, 0.05) is 31.7 Å². The number of carbonyl (C=O) groups excluding carboxylic acids is 1. The van der Waals surface area contributed by atoms with Gasteiger partial charge in [0.2, 0.25) is 0 Å². The van der Waals surface area contributed by atoms with E-state index in [1.165, 1.54) is 0 Å². The first-order valence-electron chi connectivity index (χ1n) is 7.44. The monoisotopic (exact) mass is 286 g/mol. The van der Waals surface area contributed by atoms with E-state index in [9.17, 15) is 9.59 Å². The number of hydrogen-bond acceptors (Lipinski definition) is 3. The quantitative estimate of drug-likeness (QED) is 0.662. The second-order valence-electron chi connectivity index (χ2n) is 5.49. The Bertz CT molecular complexity index is 320. The Morgan fingerprint density at radius 1 is 1.40 bits per heavy atom. The Labute approximate surface area is 120 Å². The molecule has 1 fully saturated rings. The van der Waals surface area contributed by atoms with Crippen LogP contribution in [0.3, 0.4) is 0 Å². The van der Waals surface area contributed by atoms with Crippen molar-refractivity contribution in [3.63, 3.8) is 0 Å². The van der Waals surface area contributed by atoms with Crippen LogP contribution in [-0.2, 0) is 4.79 Å². The minimum Gasteiger partial charge on any atom is -0.481 e. The molecule has 1 heterocycles. The Morgan fingerprint density at radius 2 is 2.15 bits per heavy atom. The van der Waals surface area contributed by atoms with Gasteiger partial charge in [-0.1, -0.05) is 0 Å². The molecule has 1 aliphatic rings. The number of aliphatic hydroxyl groups excluding tert-OH is 1. The van der Waals surface area contributed by atoms with Crippen molar-refractivity contribution in [2.45, 2.75) is 64.0 Å². The highest BCUT2D eigenvalue weighted by Gasteiger charge is 2.26. The summed E-state index contributed by atoms with van der Waals surface area (Å²) in [5.74, 6) is -0.803. The van der Waals surface area contributed by atoms with Crippen LogP contribution in [0.5, 0.6) is 0 Å². The van der Waals surface area contributed by atoms with Gasteiger partial charge >= 0.3 is 12.0 Å². The maximum atomic E-state index is 12.2. The fourth-order valence-electron chi connectivity index (χ4n) is 2.64. The zero-order valence-corrected chi connectivity index (χ0v) is 12.2. The summed E-state index contributed by atoms with van der Waals surface area (Å²) in [4.78, 5) is 24.5. The number of rotatable bonds is 7. The van der Waals surface area contributed by atoms with Crippen molar-refractivity contribution in [3.05, 3.63) is 0 Å². The number of aliphatic hydroxyl groups is 1. The first kappa shape index (κ1) is 16.8. The fourth-order valence-corrected chi connectivity index (χ4v) is 2.64. The number of amides is 2. The Kier molecular flexibility index (Phi) is 7.36. The van der Waals surface area contributed by atoms with Crippen LogP contribution in [0.25, 0.3) is 0 Å². The van der Waals surface area contributed by atoms with Crippen molar-refractivity contribution in [1.82, 2.24) is 10.2 Å². The lowest BCUT2D eigenvalue weighted by atomic mass is 10.00. The van der Waals surface area contributed by atoms with E-state index in [4.69, 9.17) is 10.2 Å². The van der Waals surface area contributed by atoms with E-state index < -0.39 is 5.97 Å². The molecule has 6 nitrogen and oxygen atoms in total. The van der Waals surface area contributed by atoms with Gasteiger partial charge in [-0.3, -0.25) is 4.79 Å². The van der Waals surface area contributed by atoms with E-state index in [-0.39, 0.29) is 31.1 Å². The van der Waals surface area contributed by atoms with E-state index >= 15 is 0 Å². The molecular formula is C14H26N2O4. The zero-order valence-electron chi connectivity index (χ0n) is 12.2. The standard InChI is InChI=1S/C14H26N2O4/c1-11(5-4-7-13(18)19)15-14(20)16-9-3-2-6-12(16)8-10-17/h11-12,17H,2-10H2,1H3,(H,15,20)(H,18,19). The molecule has 6 heteroatoms. The van der Waals surface area contributed by atoms with Crippen molar-refractivity contribution in [3.8, 4) is 0 Å². The molecular weight excluding hydrogens is 260 g/mol. The third kappa shape index (κ3) is 5.77. The van der Waals surface area contributed by atoms with Crippen molar-refractivity contribution in [2.24, 2.45) is 0 Å². The lowest BCUT2D eigenvalue weighted by Gasteiger charge is -2.36. The number of piperidine rings is 1. The summed E-state index contributed by atoms with van der Waals surface area (Å²) in [5.41, 5.74) is 0. The summed E-state index contributed by atoms with van der Waals surface area (Å²) in [6, 6.07) is 0.00416. The van der Waals surface area contributed by atoms with Crippen molar-refractivity contribution in [2.75, 3.05) is 13.2 Å². The number of carboxylic acids is 1. The molecule has 0 aromatic rings. The summed E-state index contributed by atoms with van der Waals surface area (Å²) >= 11 is 0. The van der Waals surface area contributed by atoms with Gasteiger partial charge in [0.05, 0.1) is 0 Å². The predicted molar refractivity (Wildman–Crippen MR) is 75.5 cm³/mol. The molecule has 0 aromatic heterocycles. The van der Waals surface area contributed by atoms with Gasteiger partial charge in [-0.25, -0.2) is 4.79 Å². The molecule has 0 spiro atoms. The third-order valence-electron chi connectivity index (χ3n) is 3.75. The van der Waals surface area contributed by atoms with Gasteiger partial charge in [-0.05, 0) is 45.4 Å². The van der Waals surface area contributed by atoms with E-state index in [1.807, 2.05) is 11.8 Å². The highest BCUT2D eigenvalue weighted by molar-refractivity contribution is 5.75. The Hall–Kier alpha value is -1.30. The number of nitrogens with one attached hydrogen (secondary N) is 1. The van der Waals surface area contributed by atoms with E-state index in [0.29, 0.717) is 19.3 Å². The van der Waals surface area contributed by atoms with Gasteiger partial charge < -0.3 is 20.4 Å². The molecule has 1 saturated heterocycles. The van der Waals surface area contributed by atoms with Gasteiger partial charge in [0.1, 0.15) is 0 Å². The van der Waals surface area contributed by atoms with Gasteiger partial charge in [0.25, 0.3) is 0 Å². The number of carbonyl (C=O) groups is 2. The summed E-state index contributed by atoms with van der Waals surface area (Å²) in [5, 5.41) is 20.6. The first-order valence-corrected chi connectivity index (χ1v) is 7.44. The average Bonchev–Trinajstić information content (AvgIpc) is 2.39. The number of carboxylic acid groups (broad SMARTS) is 1. The molecule has 20 heavy (non-hydrogen) atoms. The van der Waals surface area contributed by atoms with Gasteiger partial charge in [-0.15, -0.1) is 0 Å². The lowest BCUT2D eigenvalue weighted by Crippen LogP contribution is -2.51. The molecule has 116 valence electrons. The van der Waals surface area contributed by atoms with Crippen LogP contribution in [0, 0.1) is 0 Å². The minimum absolute atomic E-state index is 0.0291. The molecule has 2 amide bonds. The van der Waals surface area contributed by atoms with Crippen LogP contribution in [0.1, 0.15) is 51.9 Å². The second kappa shape index (κ2) is 8.79. The maximum Gasteiger partial charge on any atom is 0.317 e. The lowest BCUT2D eigenvalue weighted by molar-refractivity contribution is -0.137. The number of likely N-dealkylation sites (tertiary alicyclic amines) is 1. The van der Waals surface area contributed by atoms with Crippen molar-refractivity contribution < 1.29 is 19.8 Å². The topological polar surface area (TPSA) is 89.9 Å². The minimum atomic E-state index is -0.803. The maximum absolute atomic E-state index is 12.2. The SMILES string of the molecule is CC(CCCC(=O)O)NC(=O)N1CCCCC1CCO. The van der Waals surface area contributed by atoms with Crippen molar-refractivity contribution >= 4 is 12.0 Å². The van der Waals surface area contributed by atoms with E-state index in [0.717, 1.165) is 25.8 Å². The first-order chi connectivity index (χ1) is 9.54. The molecule has 0 radical (unpaired) electrons. The van der Waals surface area contributed by atoms with Crippen molar-refractivity contribution in [1.29, 1.82) is 0 Å². The highest BCUT2D eigenvalue weighted by Crippen LogP contribution is 2.19. The number of aliphatic carboxylic acids is 1. The van der Waals surface area contributed by atoms with Crippen LogP contribution in [-0.4, -0.2) is 52.3 Å². The third-order valence-corrected chi connectivity index (χ3v) is 3.75. The Morgan fingerprint density at radius 3 is 2.80 bits per heavy atom. The molecule has 2 unspecified atom stereocenters. The van der Waals surface area contributed by atoms with Crippen LogP contribution in [0.4, 0.5) is 4.79 Å². The normalized spacial score (nSPS) is 20.5. The molecule has 2 atom stereocenters. The fraction of sp³-hybridized carbons (Fsp3) is 0.857. The molecule has 3 N–H and O–H groups in total. The summed E-state index contributed by atoms with van der Waals surface area (Å²) in [6.07, 6.45) is 5.04. The molecule has 0 saturated carbocycles. The smallest absolute Gasteiger partial charge is 0.317 e. The summed E-state index contributed by atoms with van der Waals surface area (Å²) < 4.78 is 0. The highest BCUT2D eigenvalue weighted by atomic mass is 16.4. The summed E-state index contributed by atoms with van der Waals surface area (Å²) in [6.45, 7) is 2.73. The zero-order chi connectivity index (χ0) is 15.0. The molecule has 0 aromatic carbocycles. The van der Waals surface area contributed by atoms with Gasteiger partial charge in [0.15, 0.2) is 0 Å². The predicted octanol–water partition coefficient (Wildman–Crippen LogP) is 1.58. The molecule has 1 aliphatic heterocycles. The van der Waals surface area contributed by atoms with E-state index in [1.54, 1.807) is 0 Å². The van der Waals surface area contributed by atoms with Crippen LogP contribution >= 0.6 is 0 Å². The second-order valence-corrected chi connectivity index (χ2v) is 5.49. The molecule has 0 bridgehead atoms. The van der Waals surface area contributed by atoms with Crippen LogP contribution in [0.2, 0.25) is 0 Å². The summed E-state index contributed by atoms with van der Waals surface area (Å²) in [7, 11) is 0. The van der Waals surface area contributed by atoms with Crippen LogP contribution in [0.15, 0.2) is 0 Å². The number of nitrogens with zero attached hydrogens (tertiary/aromatic N) is 1.